The second-order valence-electron chi connectivity index (χ2n) is 6.86. The van der Waals surface area contributed by atoms with Crippen LogP contribution in [0.4, 0.5) is 0 Å². The van der Waals surface area contributed by atoms with Crippen LogP contribution in [0.25, 0.3) is 0 Å². The van der Waals surface area contributed by atoms with Crippen molar-refractivity contribution >= 4 is 5.91 Å². The Balaban J connectivity index is 2.84. The van der Waals surface area contributed by atoms with E-state index in [9.17, 15) is 9.90 Å². The van der Waals surface area contributed by atoms with Gasteiger partial charge in [0.1, 0.15) is 0 Å². The maximum absolute atomic E-state index is 12.9. The van der Waals surface area contributed by atoms with Gasteiger partial charge in [-0.3, -0.25) is 4.79 Å². The fourth-order valence-corrected chi connectivity index (χ4v) is 3.06. The van der Waals surface area contributed by atoms with Crippen LogP contribution in [0.3, 0.4) is 0 Å². The topological polar surface area (TPSA) is 49.3 Å². The molecule has 0 aliphatic heterocycles. The number of aliphatic hydroxyl groups excluding tert-OH is 1. The minimum absolute atomic E-state index is 0.0238. The fraction of sp³-hybridized carbons (Fsp3) is 0.591. The predicted molar refractivity (Wildman–Crippen MR) is 106 cm³/mol. The molecule has 0 unspecified atom stereocenters. The highest BCUT2D eigenvalue weighted by Crippen LogP contribution is 2.34. The van der Waals surface area contributed by atoms with Gasteiger partial charge in [-0.25, -0.2) is 0 Å². The van der Waals surface area contributed by atoms with Crippen LogP contribution < -0.4 is 5.32 Å². The van der Waals surface area contributed by atoms with Gasteiger partial charge in [0, 0.05) is 11.5 Å². The molecule has 3 nitrogen and oxygen atoms in total. The van der Waals surface area contributed by atoms with Crippen molar-refractivity contribution < 1.29 is 9.90 Å². The van der Waals surface area contributed by atoms with Crippen LogP contribution in [-0.2, 0) is 4.79 Å². The number of hydrogen-bond donors (Lipinski definition) is 2. The summed E-state index contributed by atoms with van der Waals surface area (Å²) in [6.45, 7) is 3.92. The summed E-state index contributed by atoms with van der Waals surface area (Å²) >= 11 is 0. The van der Waals surface area contributed by atoms with E-state index < -0.39 is 0 Å². The van der Waals surface area contributed by atoms with Crippen molar-refractivity contribution in [2.24, 2.45) is 5.41 Å². The largest absolute Gasteiger partial charge is 0.394 e. The first-order valence-corrected chi connectivity index (χ1v) is 9.66. The zero-order valence-electron chi connectivity index (χ0n) is 15.9. The molecule has 1 rings (SSSR count). The highest BCUT2D eigenvalue weighted by Gasteiger charge is 2.35. The molecular weight excluding hydrogens is 310 g/mol. The molecule has 0 heterocycles. The van der Waals surface area contributed by atoms with Gasteiger partial charge in [0.05, 0.1) is 6.61 Å². The quantitative estimate of drug-likeness (QED) is 0.716. The normalized spacial score (nSPS) is 25.4. The van der Waals surface area contributed by atoms with E-state index in [2.05, 4.69) is 60.8 Å². The maximum Gasteiger partial charge on any atom is 0.226 e. The molecule has 0 saturated carbocycles. The molecule has 25 heavy (non-hydrogen) atoms. The van der Waals surface area contributed by atoms with Gasteiger partial charge in [0.2, 0.25) is 5.91 Å². The monoisotopic (exact) mass is 345 g/mol. The standard InChI is InChI=1S/C22H35NO2/c1-3-22(21(25)23-20(2)19-24)17-15-13-11-9-7-5-4-6-8-10-12-14-16-18-22/h5-8,11-14,20,24H,3-4,9-10,15-19H2,1-2H3,(H,23,25)/b7-5-,8-6-,13-11-,14-12-/t20-/m1/s1. The van der Waals surface area contributed by atoms with Gasteiger partial charge in [0.25, 0.3) is 0 Å². The molecule has 2 N–H and O–H groups in total. The molecule has 0 aromatic heterocycles. The van der Waals surface area contributed by atoms with Crippen molar-refractivity contribution in [3.8, 4) is 0 Å². The minimum atomic E-state index is -0.360. The molecule has 0 aromatic rings. The smallest absolute Gasteiger partial charge is 0.226 e. The third-order valence-electron chi connectivity index (χ3n) is 4.87. The number of nitrogens with one attached hydrogen (secondary N) is 1. The number of allylic oxidation sites excluding steroid dienone is 8. The van der Waals surface area contributed by atoms with E-state index in [1.165, 1.54) is 0 Å². The lowest BCUT2D eigenvalue weighted by atomic mass is 9.75. The number of carbonyl (C=O) groups is 1. The van der Waals surface area contributed by atoms with Crippen molar-refractivity contribution in [3.63, 3.8) is 0 Å². The van der Waals surface area contributed by atoms with E-state index in [4.69, 9.17) is 0 Å². The number of amides is 1. The summed E-state index contributed by atoms with van der Waals surface area (Å²) < 4.78 is 0. The Hall–Kier alpha value is -1.61. The predicted octanol–water partition coefficient (Wildman–Crippen LogP) is 4.85. The van der Waals surface area contributed by atoms with Gasteiger partial charge in [-0.15, -0.1) is 0 Å². The van der Waals surface area contributed by atoms with Gasteiger partial charge in [-0.1, -0.05) is 55.5 Å². The zero-order chi connectivity index (χ0) is 18.4. The molecule has 1 amide bonds. The van der Waals surface area contributed by atoms with Gasteiger partial charge >= 0.3 is 0 Å². The first-order chi connectivity index (χ1) is 12.1. The van der Waals surface area contributed by atoms with E-state index in [1.807, 2.05) is 6.92 Å². The van der Waals surface area contributed by atoms with Crippen molar-refractivity contribution in [3.05, 3.63) is 48.6 Å². The van der Waals surface area contributed by atoms with Gasteiger partial charge in [0.15, 0.2) is 0 Å². The van der Waals surface area contributed by atoms with E-state index >= 15 is 0 Å². The first-order valence-electron chi connectivity index (χ1n) is 9.66. The average molecular weight is 346 g/mol. The van der Waals surface area contributed by atoms with Crippen LogP contribution in [0.15, 0.2) is 48.6 Å². The Morgan fingerprint density at radius 1 is 0.960 bits per heavy atom. The van der Waals surface area contributed by atoms with Crippen molar-refractivity contribution in [1.82, 2.24) is 5.32 Å². The number of hydrogen-bond acceptors (Lipinski definition) is 2. The molecule has 0 radical (unpaired) electrons. The Labute approximate surface area is 153 Å². The molecule has 0 aromatic carbocycles. The molecule has 0 fully saturated rings. The second kappa shape index (κ2) is 12.7. The van der Waals surface area contributed by atoms with Gasteiger partial charge < -0.3 is 10.4 Å². The van der Waals surface area contributed by atoms with Crippen LogP contribution in [0.5, 0.6) is 0 Å². The summed E-state index contributed by atoms with van der Waals surface area (Å²) in [4.78, 5) is 12.9. The average Bonchev–Trinajstić information content (AvgIpc) is 2.61. The lowest BCUT2D eigenvalue weighted by molar-refractivity contribution is -0.133. The molecule has 3 heteroatoms. The minimum Gasteiger partial charge on any atom is -0.394 e. The number of aliphatic hydroxyl groups is 1. The first kappa shape index (κ1) is 21.4. The summed E-state index contributed by atoms with van der Waals surface area (Å²) in [7, 11) is 0. The van der Waals surface area contributed by atoms with Crippen LogP contribution in [-0.4, -0.2) is 23.7 Å². The van der Waals surface area contributed by atoms with Crippen LogP contribution in [0, 0.1) is 5.41 Å². The van der Waals surface area contributed by atoms with Crippen molar-refractivity contribution in [1.29, 1.82) is 0 Å². The zero-order valence-corrected chi connectivity index (χ0v) is 15.9. The molecule has 1 atom stereocenters. The van der Waals surface area contributed by atoms with Crippen LogP contribution in [0.1, 0.15) is 65.2 Å². The van der Waals surface area contributed by atoms with Crippen molar-refractivity contribution in [2.75, 3.05) is 6.61 Å². The highest BCUT2D eigenvalue weighted by atomic mass is 16.3. The van der Waals surface area contributed by atoms with Gasteiger partial charge in [-0.2, -0.15) is 0 Å². The summed E-state index contributed by atoms with van der Waals surface area (Å²) in [5.41, 5.74) is -0.360. The lowest BCUT2D eigenvalue weighted by Crippen LogP contribution is -2.45. The molecule has 1 aliphatic rings. The Bertz CT molecular complexity index is 460. The van der Waals surface area contributed by atoms with Crippen molar-refractivity contribution in [2.45, 2.75) is 71.3 Å². The van der Waals surface area contributed by atoms with E-state index in [0.29, 0.717) is 0 Å². The summed E-state index contributed by atoms with van der Waals surface area (Å²) in [6, 6.07) is -0.197. The lowest BCUT2D eigenvalue weighted by Gasteiger charge is -2.32. The Morgan fingerprint density at radius 2 is 1.40 bits per heavy atom. The van der Waals surface area contributed by atoms with E-state index in [1.54, 1.807) is 0 Å². The molecule has 0 bridgehead atoms. The van der Waals surface area contributed by atoms with E-state index in [-0.39, 0.29) is 24.0 Å². The third-order valence-corrected chi connectivity index (χ3v) is 4.87. The van der Waals surface area contributed by atoms with Crippen LogP contribution in [0.2, 0.25) is 0 Å². The Morgan fingerprint density at radius 3 is 1.80 bits per heavy atom. The summed E-state index contributed by atoms with van der Waals surface area (Å²) in [5, 5.41) is 12.2. The molecular formula is C22H35NO2. The highest BCUT2D eigenvalue weighted by molar-refractivity contribution is 5.82. The van der Waals surface area contributed by atoms with E-state index in [0.717, 1.165) is 51.4 Å². The summed E-state index contributed by atoms with van der Waals surface area (Å²) in [6.07, 6.45) is 24.7. The number of rotatable bonds is 4. The molecule has 0 spiro atoms. The fourth-order valence-electron chi connectivity index (χ4n) is 3.06. The Kier molecular flexibility index (Phi) is 10.9. The van der Waals surface area contributed by atoms with Crippen LogP contribution >= 0.6 is 0 Å². The number of carbonyl (C=O) groups excluding carboxylic acids is 1. The second-order valence-corrected chi connectivity index (χ2v) is 6.86. The molecule has 0 saturated heterocycles. The maximum atomic E-state index is 12.9. The SMILES string of the molecule is CCC1(C(=O)N[C@H](C)CO)CC/C=C\C/C=C\C/C=C\C/C=C\CC1. The molecule has 140 valence electrons. The summed E-state index contributed by atoms with van der Waals surface area (Å²) in [5.74, 6) is 0.0826. The third kappa shape index (κ3) is 8.35. The molecule has 1 aliphatic carbocycles. The van der Waals surface area contributed by atoms with Gasteiger partial charge in [-0.05, 0) is 58.3 Å².